The molecule has 1 N–H and O–H groups in total. The maximum Gasteiger partial charge on any atom is 0.265 e. The highest BCUT2D eigenvalue weighted by atomic mass is 32.2. The van der Waals surface area contributed by atoms with Gasteiger partial charge in [-0.05, 0) is 43.7 Å². The number of ether oxygens (including phenoxy) is 1. The van der Waals surface area contributed by atoms with Crippen molar-refractivity contribution in [3.8, 4) is 5.75 Å². The van der Waals surface area contributed by atoms with Crippen molar-refractivity contribution in [2.24, 2.45) is 0 Å². The molecule has 174 valence electrons. The van der Waals surface area contributed by atoms with Crippen molar-refractivity contribution in [3.63, 3.8) is 0 Å². The van der Waals surface area contributed by atoms with Crippen LogP contribution in [0.3, 0.4) is 0 Å². The Kier molecular flexibility index (Phi) is 7.11. The van der Waals surface area contributed by atoms with Crippen molar-refractivity contribution in [1.82, 2.24) is 9.21 Å². The topological polar surface area (TPSA) is 113 Å². The number of nitrogens with one attached hydrogen (secondary N) is 1. The number of methoxy groups -OCH3 is 1. The Balaban J connectivity index is 1.87. The molecule has 3 rings (SSSR count). The van der Waals surface area contributed by atoms with E-state index in [4.69, 9.17) is 4.74 Å². The van der Waals surface area contributed by atoms with Crippen LogP contribution in [0.4, 0.5) is 5.69 Å². The number of hydrogen-bond acceptors (Lipinski definition) is 6. The van der Waals surface area contributed by atoms with E-state index in [9.17, 15) is 21.6 Å². The minimum absolute atomic E-state index is 0.111. The van der Waals surface area contributed by atoms with E-state index in [-0.39, 0.29) is 35.2 Å². The third-order valence-electron chi connectivity index (χ3n) is 5.21. The molecule has 1 heterocycles. The summed E-state index contributed by atoms with van der Waals surface area (Å²) >= 11 is 0. The van der Waals surface area contributed by atoms with Crippen LogP contribution in [-0.4, -0.2) is 71.5 Å². The molecule has 2 aromatic rings. The van der Waals surface area contributed by atoms with Crippen molar-refractivity contribution in [2.75, 3.05) is 44.3 Å². The van der Waals surface area contributed by atoms with Crippen LogP contribution >= 0.6 is 0 Å². The van der Waals surface area contributed by atoms with Crippen molar-refractivity contribution >= 4 is 31.6 Å². The Morgan fingerprint density at radius 2 is 1.66 bits per heavy atom. The SMILES string of the molecule is COc1ccc(C(=O)N2CCCN(S(C)(=O)=O)CC2)cc1S(=O)(=O)Nc1ccc(C)cc1. The van der Waals surface area contributed by atoms with Gasteiger partial charge in [0.25, 0.3) is 15.9 Å². The van der Waals surface area contributed by atoms with E-state index in [0.29, 0.717) is 25.2 Å². The molecule has 0 unspecified atom stereocenters. The molecule has 1 aliphatic rings. The zero-order chi connectivity index (χ0) is 23.5. The lowest BCUT2D eigenvalue weighted by Crippen LogP contribution is -2.37. The zero-order valence-electron chi connectivity index (χ0n) is 18.2. The van der Waals surface area contributed by atoms with Crippen molar-refractivity contribution in [1.29, 1.82) is 0 Å². The predicted molar refractivity (Wildman–Crippen MR) is 122 cm³/mol. The molecule has 0 atom stereocenters. The van der Waals surface area contributed by atoms with Gasteiger partial charge >= 0.3 is 0 Å². The van der Waals surface area contributed by atoms with Gasteiger partial charge in [0, 0.05) is 37.4 Å². The molecular weight excluding hydrogens is 454 g/mol. The summed E-state index contributed by atoms with van der Waals surface area (Å²) in [5.74, 6) is -0.255. The van der Waals surface area contributed by atoms with Crippen LogP contribution in [0.15, 0.2) is 47.4 Å². The lowest BCUT2D eigenvalue weighted by atomic mass is 10.2. The second kappa shape index (κ2) is 9.47. The van der Waals surface area contributed by atoms with Crippen LogP contribution in [-0.2, 0) is 20.0 Å². The maximum atomic E-state index is 13.1. The van der Waals surface area contributed by atoms with Gasteiger partial charge < -0.3 is 9.64 Å². The van der Waals surface area contributed by atoms with Crippen LogP contribution in [0.5, 0.6) is 5.75 Å². The summed E-state index contributed by atoms with van der Waals surface area (Å²) in [5, 5.41) is 0. The van der Waals surface area contributed by atoms with E-state index in [1.165, 1.54) is 34.5 Å². The molecule has 1 saturated heterocycles. The van der Waals surface area contributed by atoms with E-state index in [0.717, 1.165) is 11.8 Å². The molecule has 0 aliphatic carbocycles. The molecule has 0 radical (unpaired) electrons. The molecule has 0 aromatic heterocycles. The molecule has 0 saturated carbocycles. The van der Waals surface area contributed by atoms with E-state index in [2.05, 4.69) is 4.72 Å². The monoisotopic (exact) mass is 481 g/mol. The summed E-state index contributed by atoms with van der Waals surface area (Å²) in [6.45, 7) is 3.03. The molecule has 1 amide bonds. The molecule has 9 nitrogen and oxygen atoms in total. The number of hydrogen-bond donors (Lipinski definition) is 1. The van der Waals surface area contributed by atoms with Gasteiger partial charge in [-0.25, -0.2) is 21.1 Å². The van der Waals surface area contributed by atoms with Gasteiger partial charge in [-0.2, -0.15) is 0 Å². The van der Waals surface area contributed by atoms with Crippen molar-refractivity contribution in [2.45, 2.75) is 18.2 Å². The summed E-state index contributed by atoms with van der Waals surface area (Å²) in [5.41, 5.74) is 1.57. The van der Waals surface area contributed by atoms with Gasteiger partial charge in [-0.1, -0.05) is 17.7 Å². The Morgan fingerprint density at radius 3 is 2.28 bits per heavy atom. The fourth-order valence-corrected chi connectivity index (χ4v) is 5.59. The number of carbonyl (C=O) groups is 1. The first-order chi connectivity index (χ1) is 15.0. The molecule has 11 heteroatoms. The molecule has 1 aliphatic heterocycles. The molecule has 1 fully saturated rings. The number of carbonyl (C=O) groups excluding carboxylic acids is 1. The second-order valence-electron chi connectivity index (χ2n) is 7.64. The molecular formula is C21H27N3O6S2. The number of aryl methyl sites for hydroxylation is 1. The summed E-state index contributed by atoms with van der Waals surface area (Å²) in [6.07, 6.45) is 1.64. The van der Waals surface area contributed by atoms with Gasteiger partial charge in [-0.15, -0.1) is 0 Å². The van der Waals surface area contributed by atoms with Gasteiger partial charge in [0.05, 0.1) is 13.4 Å². The van der Waals surface area contributed by atoms with E-state index >= 15 is 0 Å². The first-order valence-electron chi connectivity index (χ1n) is 10.0. The minimum atomic E-state index is -4.02. The van der Waals surface area contributed by atoms with Gasteiger partial charge in [0.15, 0.2) is 0 Å². The fourth-order valence-electron chi connectivity index (χ4n) is 3.46. The molecule has 0 spiro atoms. The minimum Gasteiger partial charge on any atom is -0.495 e. The van der Waals surface area contributed by atoms with Gasteiger partial charge in [0.1, 0.15) is 10.6 Å². The van der Waals surface area contributed by atoms with Crippen LogP contribution in [0.2, 0.25) is 0 Å². The molecule has 32 heavy (non-hydrogen) atoms. The first kappa shape index (κ1) is 24.0. The van der Waals surface area contributed by atoms with E-state index < -0.39 is 20.0 Å². The Hall–Kier alpha value is -2.63. The number of rotatable bonds is 6. The average molecular weight is 482 g/mol. The first-order valence-corrected chi connectivity index (χ1v) is 13.4. The number of nitrogens with zero attached hydrogens (tertiary/aromatic N) is 2. The van der Waals surface area contributed by atoms with E-state index in [1.54, 1.807) is 24.3 Å². The quantitative estimate of drug-likeness (QED) is 0.674. The zero-order valence-corrected chi connectivity index (χ0v) is 19.9. The second-order valence-corrected chi connectivity index (χ2v) is 11.3. The largest absolute Gasteiger partial charge is 0.495 e. The summed E-state index contributed by atoms with van der Waals surface area (Å²) in [7, 11) is -6.01. The lowest BCUT2D eigenvalue weighted by Gasteiger charge is -2.22. The third-order valence-corrected chi connectivity index (χ3v) is 7.92. The summed E-state index contributed by atoms with van der Waals surface area (Å²) in [6, 6.07) is 11.1. The standard InChI is InChI=1S/C21H27N3O6S2/c1-16-5-8-18(9-6-16)22-32(28,29)20-15-17(7-10-19(20)30-2)21(25)23-11-4-12-24(14-13-23)31(3,26)27/h5-10,15,22H,4,11-14H2,1-3H3. The Labute approximate surface area is 189 Å². The molecule has 2 aromatic carbocycles. The number of sulfonamides is 2. The van der Waals surface area contributed by atoms with Gasteiger partial charge in [-0.3, -0.25) is 9.52 Å². The predicted octanol–water partition coefficient (Wildman–Crippen LogP) is 1.91. The van der Waals surface area contributed by atoms with Crippen molar-refractivity contribution < 1.29 is 26.4 Å². The Morgan fingerprint density at radius 1 is 0.969 bits per heavy atom. The normalized spacial score (nSPS) is 15.8. The van der Waals surface area contributed by atoms with Gasteiger partial charge in [0.2, 0.25) is 10.0 Å². The highest BCUT2D eigenvalue weighted by Crippen LogP contribution is 2.28. The van der Waals surface area contributed by atoms with Crippen LogP contribution in [0.1, 0.15) is 22.3 Å². The third kappa shape index (κ3) is 5.59. The Bertz CT molecular complexity index is 1190. The number of benzene rings is 2. The van der Waals surface area contributed by atoms with Crippen LogP contribution in [0.25, 0.3) is 0 Å². The fraction of sp³-hybridized carbons (Fsp3) is 0.381. The van der Waals surface area contributed by atoms with Crippen molar-refractivity contribution in [3.05, 3.63) is 53.6 Å². The highest BCUT2D eigenvalue weighted by Gasteiger charge is 2.27. The maximum absolute atomic E-state index is 13.1. The lowest BCUT2D eigenvalue weighted by molar-refractivity contribution is 0.0764. The number of amides is 1. The average Bonchev–Trinajstić information content (AvgIpc) is 3.01. The van der Waals surface area contributed by atoms with Crippen LogP contribution in [0, 0.1) is 6.92 Å². The number of anilines is 1. The van der Waals surface area contributed by atoms with E-state index in [1.807, 2.05) is 6.92 Å². The highest BCUT2D eigenvalue weighted by molar-refractivity contribution is 7.92. The molecule has 0 bridgehead atoms. The summed E-state index contributed by atoms with van der Waals surface area (Å²) < 4.78 is 58.8. The smallest absolute Gasteiger partial charge is 0.265 e. The summed E-state index contributed by atoms with van der Waals surface area (Å²) in [4.78, 5) is 14.5. The van der Waals surface area contributed by atoms with Crippen LogP contribution < -0.4 is 9.46 Å².